The molecule has 1 aromatic rings. The summed E-state index contributed by atoms with van der Waals surface area (Å²) in [5, 5.41) is 11.5. The number of amides is 1. The first-order chi connectivity index (χ1) is 7.30. The Bertz CT molecular complexity index is 377. The molecular formula is C9H7BCl3NO2. The van der Waals surface area contributed by atoms with Crippen molar-refractivity contribution in [2.45, 2.75) is 10.0 Å². The summed E-state index contributed by atoms with van der Waals surface area (Å²) in [4.78, 5) is 11.5. The Morgan fingerprint density at radius 2 is 1.81 bits per heavy atom. The largest absolute Gasteiger partial charge is 0.369 e. The molecule has 0 heterocycles. The second-order valence-electron chi connectivity index (χ2n) is 3.04. The van der Waals surface area contributed by atoms with E-state index >= 15 is 0 Å². The van der Waals surface area contributed by atoms with E-state index in [2.05, 4.69) is 5.32 Å². The topological polar surface area (TPSA) is 49.3 Å². The zero-order valence-electron chi connectivity index (χ0n) is 7.95. The Morgan fingerprint density at radius 1 is 1.31 bits per heavy atom. The van der Waals surface area contributed by atoms with Gasteiger partial charge in [0.15, 0.2) is 6.23 Å². The third kappa shape index (κ3) is 3.87. The number of hydrogen-bond donors (Lipinski definition) is 2. The number of aliphatic hydroxyl groups is 1. The molecule has 84 valence electrons. The molecule has 0 saturated heterocycles. The van der Waals surface area contributed by atoms with Gasteiger partial charge in [-0.3, -0.25) is 4.79 Å². The number of carbonyl (C=O) groups is 1. The first-order valence-corrected chi connectivity index (χ1v) is 5.35. The van der Waals surface area contributed by atoms with E-state index < -0.39 is 15.9 Å². The molecule has 0 aliphatic rings. The molecule has 16 heavy (non-hydrogen) atoms. The van der Waals surface area contributed by atoms with Crippen LogP contribution in [0.5, 0.6) is 0 Å². The van der Waals surface area contributed by atoms with E-state index in [-0.39, 0.29) is 0 Å². The summed E-state index contributed by atoms with van der Waals surface area (Å²) in [5.74, 6) is -0.557. The van der Waals surface area contributed by atoms with Crippen LogP contribution in [0.3, 0.4) is 0 Å². The average Bonchev–Trinajstić information content (AvgIpc) is 2.17. The van der Waals surface area contributed by atoms with Gasteiger partial charge in [-0.05, 0) is 0 Å². The van der Waals surface area contributed by atoms with Gasteiger partial charge in [0, 0.05) is 5.56 Å². The van der Waals surface area contributed by atoms with E-state index in [0.29, 0.717) is 11.0 Å². The van der Waals surface area contributed by atoms with Crippen LogP contribution in [0.25, 0.3) is 0 Å². The molecule has 1 rings (SSSR count). The lowest BCUT2D eigenvalue weighted by atomic mass is 9.95. The van der Waals surface area contributed by atoms with Gasteiger partial charge >= 0.3 is 0 Å². The fourth-order valence-electron chi connectivity index (χ4n) is 0.924. The van der Waals surface area contributed by atoms with Gasteiger partial charge in [-0.2, -0.15) is 0 Å². The van der Waals surface area contributed by atoms with Crippen molar-refractivity contribution in [1.29, 1.82) is 0 Å². The highest BCUT2D eigenvalue weighted by Crippen LogP contribution is 2.28. The van der Waals surface area contributed by atoms with Gasteiger partial charge in [-0.15, -0.1) is 0 Å². The van der Waals surface area contributed by atoms with Crippen molar-refractivity contribution >= 4 is 54.0 Å². The molecule has 1 aromatic carbocycles. The molecule has 0 aromatic heterocycles. The number of hydrogen-bond acceptors (Lipinski definition) is 2. The molecule has 1 atom stereocenters. The third-order valence-corrected chi connectivity index (χ3v) is 2.37. The monoisotopic (exact) mass is 277 g/mol. The van der Waals surface area contributed by atoms with E-state index in [1.807, 2.05) is 0 Å². The molecule has 0 spiro atoms. The molecule has 2 N–H and O–H groups in total. The number of halogens is 3. The maximum atomic E-state index is 11.5. The van der Waals surface area contributed by atoms with Gasteiger partial charge in [0.1, 0.15) is 7.85 Å². The number of nitrogens with one attached hydrogen (secondary N) is 1. The first-order valence-electron chi connectivity index (χ1n) is 4.22. The number of benzene rings is 1. The Balaban J connectivity index is 2.70. The number of aliphatic hydroxyl groups excluding tert-OH is 1. The minimum atomic E-state index is -1.97. The van der Waals surface area contributed by atoms with Crippen LogP contribution in [0.2, 0.25) is 0 Å². The number of alkyl halides is 3. The summed E-state index contributed by atoms with van der Waals surface area (Å²) in [5.41, 5.74) is 0.834. The maximum Gasteiger partial charge on any atom is 0.253 e. The summed E-state index contributed by atoms with van der Waals surface area (Å²) in [7, 11) is 5.45. The van der Waals surface area contributed by atoms with Crippen LogP contribution in [0.1, 0.15) is 10.4 Å². The van der Waals surface area contributed by atoms with E-state index in [1.165, 1.54) is 12.1 Å². The van der Waals surface area contributed by atoms with Crippen LogP contribution < -0.4 is 10.8 Å². The highest BCUT2D eigenvalue weighted by atomic mass is 35.6. The van der Waals surface area contributed by atoms with Crippen molar-refractivity contribution in [2.24, 2.45) is 0 Å². The van der Waals surface area contributed by atoms with Gasteiger partial charge in [0.25, 0.3) is 5.91 Å². The van der Waals surface area contributed by atoms with Gasteiger partial charge in [-0.1, -0.05) is 64.5 Å². The number of carbonyl (C=O) groups excluding carboxylic acids is 1. The lowest BCUT2D eigenvalue weighted by Gasteiger charge is -2.19. The second-order valence-corrected chi connectivity index (χ2v) is 5.41. The fourth-order valence-corrected chi connectivity index (χ4v) is 1.09. The van der Waals surface area contributed by atoms with Crippen LogP contribution in [0.4, 0.5) is 0 Å². The zero-order valence-corrected chi connectivity index (χ0v) is 10.2. The summed E-state index contributed by atoms with van der Waals surface area (Å²) in [6, 6.07) is 6.10. The molecule has 3 nitrogen and oxygen atoms in total. The molecule has 0 aliphatic heterocycles. The smallest absolute Gasteiger partial charge is 0.253 e. The predicted molar refractivity (Wildman–Crippen MR) is 65.6 cm³/mol. The second kappa shape index (κ2) is 5.28. The van der Waals surface area contributed by atoms with E-state index in [0.717, 1.165) is 0 Å². The molecule has 7 heteroatoms. The molecule has 1 unspecified atom stereocenters. The summed E-state index contributed by atoms with van der Waals surface area (Å²) >= 11 is 16.2. The molecule has 0 saturated carbocycles. The Morgan fingerprint density at radius 3 is 2.25 bits per heavy atom. The minimum Gasteiger partial charge on any atom is -0.369 e. The van der Waals surface area contributed by atoms with Gasteiger partial charge in [-0.25, -0.2) is 0 Å². The molecule has 0 bridgehead atoms. The van der Waals surface area contributed by atoms with E-state index in [9.17, 15) is 9.90 Å². The highest BCUT2D eigenvalue weighted by molar-refractivity contribution is 6.68. The van der Waals surface area contributed by atoms with Crippen LogP contribution in [0, 0.1) is 0 Å². The minimum absolute atomic E-state index is 0.308. The Labute approximate surface area is 109 Å². The predicted octanol–water partition coefficient (Wildman–Crippen LogP) is 0.899. The SMILES string of the molecule is [B]c1ccc(C(=O)NC(O)C(Cl)(Cl)Cl)cc1. The average molecular weight is 278 g/mol. The maximum absolute atomic E-state index is 11.5. The van der Waals surface area contributed by atoms with Gasteiger partial charge in [0.05, 0.1) is 0 Å². The third-order valence-electron chi connectivity index (χ3n) is 1.75. The van der Waals surface area contributed by atoms with Gasteiger partial charge < -0.3 is 10.4 Å². The highest BCUT2D eigenvalue weighted by Gasteiger charge is 2.32. The van der Waals surface area contributed by atoms with Crippen molar-refractivity contribution in [3.63, 3.8) is 0 Å². The van der Waals surface area contributed by atoms with Crippen molar-refractivity contribution in [3.05, 3.63) is 29.8 Å². The molecule has 0 aliphatic carbocycles. The normalized spacial score (nSPS) is 13.2. The van der Waals surface area contributed by atoms with Crippen molar-refractivity contribution < 1.29 is 9.90 Å². The van der Waals surface area contributed by atoms with Gasteiger partial charge in [0.2, 0.25) is 3.79 Å². The van der Waals surface area contributed by atoms with E-state index in [1.54, 1.807) is 12.1 Å². The quantitative estimate of drug-likeness (QED) is 0.480. The summed E-state index contributed by atoms with van der Waals surface area (Å²) < 4.78 is -1.97. The van der Waals surface area contributed by atoms with Crippen molar-refractivity contribution in [2.75, 3.05) is 0 Å². The van der Waals surface area contributed by atoms with E-state index in [4.69, 9.17) is 42.6 Å². The fraction of sp³-hybridized carbons (Fsp3) is 0.222. The Kier molecular flexibility index (Phi) is 4.50. The van der Waals surface area contributed by atoms with Crippen LogP contribution in [0.15, 0.2) is 24.3 Å². The standard InChI is InChI=1S/C9H7BCl3NO2/c10-6-3-1-5(2-4-6)7(15)14-8(16)9(11,12)13/h1-4,8,16H,(H,14,15). The molecule has 1 amide bonds. The summed E-state index contributed by atoms with van der Waals surface area (Å²) in [6.07, 6.45) is -1.58. The van der Waals surface area contributed by atoms with Crippen molar-refractivity contribution in [3.8, 4) is 0 Å². The zero-order chi connectivity index (χ0) is 12.3. The number of rotatable bonds is 2. The van der Waals surface area contributed by atoms with Crippen molar-refractivity contribution in [1.82, 2.24) is 5.32 Å². The lowest BCUT2D eigenvalue weighted by molar-refractivity contribution is 0.0792. The molecule has 0 fully saturated rings. The first kappa shape index (κ1) is 13.6. The summed E-state index contributed by atoms with van der Waals surface area (Å²) in [6.45, 7) is 0. The Hall–Kier alpha value is -0.415. The van der Waals surface area contributed by atoms with Crippen LogP contribution >= 0.6 is 34.8 Å². The molecular weight excluding hydrogens is 271 g/mol. The lowest BCUT2D eigenvalue weighted by Crippen LogP contribution is -2.43. The van der Waals surface area contributed by atoms with Crippen LogP contribution in [-0.2, 0) is 0 Å². The van der Waals surface area contributed by atoms with Crippen LogP contribution in [-0.4, -0.2) is 28.9 Å². The molecule has 2 radical (unpaired) electrons.